The zero-order chi connectivity index (χ0) is 18.3. The van der Waals surface area contributed by atoms with E-state index in [1.807, 2.05) is 0 Å². The molecule has 0 heterocycles. The van der Waals surface area contributed by atoms with Crippen LogP contribution in [0.2, 0.25) is 0 Å². The quantitative estimate of drug-likeness (QED) is 0.221. The topological polar surface area (TPSA) is 108 Å². The second-order valence-electron chi connectivity index (χ2n) is 4.98. The van der Waals surface area contributed by atoms with Crippen LogP contribution in [0.25, 0.3) is 0 Å². The minimum atomic E-state index is -1.01. The zero-order valence-corrected chi connectivity index (χ0v) is 15.2. The first-order valence-corrected chi connectivity index (χ1v) is 8.17. The van der Waals surface area contributed by atoms with Gasteiger partial charge >= 0.3 is 5.97 Å². The Bertz CT molecular complexity index is 589. The SMILES string of the molecule is COc1cc(C(C)O)c([N+](=O)[O-])cc1OCCCOC(=O)C(C)Br. The van der Waals surface area contributed by atoms with E-state index in [1.165, 1.54) is 26.2 Å². The first-order chi connectivity index (χ1) is 11.3. The molecule has 2 atom stereocenters. The third kappa shape index (κ3) is 5.64. The molecule has 0 radical (unpaired) electrons. The molecule has 24 heavy (non-hydrogen) atoms. The smallest absolute Gasteiger partial charge is 0.319 e. The number of rotatable bonds is 9. The molecule has 9 heteroatoms. The highest BCUT2D eigenvalue weighted by atomic mass is 79.9. The first kappa shape index (κ1) is 20.2. The molecule has 0 saturated carbocycles. The summed E-state index contributed by atoms with van der Waals surface area (Å²) in [6.07, 6.45) is -0.598. The summed E-state index contributed by atoms with van der Waals surface area (Å²) >= 11 is 3.10. The lowest BCUT2D eigenvalue weighted by atomic mass is 10.1. The molecule has 8 nitrogen and oxygen atoms in total. The fourth-order valence-corrected chi connectivity index (χ4v) is 1.99. The maximum absolute atomic E-state index is 11.3. The van der Waals surface area contributed by atoms with Crippen molar-refractivity contribution in [2.45, 2.75) is 31.2 Å². The molecule has 1 N–H and O–H groups in total. The number of benzene rings is 1. The molecule has 0 aliphatic rings. The van der Waals surface area contributed by atoms with Gasteiger partial charge in [0.1, 0.15) is 4.83 Å². The van der Waals surface area contributed by atoms with Crippen molar-refractivity contribution < 1.29 is 29.0 Å². The molecule has 0 bridgehead atoms. The Hall–Kier alpha value is -1.87. The number of ether oxygens (including phenoxy) is 3. The molecule has 2 unspecified atom stereocenters. The molecule has 1 rings (SSSR count). The van der Waals surface area contributed by atoms with Gasteiger partial charge < -0.3 is 19.3 Å². The zero-order valence-electron chi connectivity index (χ0n) is 13.7. The number of carbonyl (C=O) groups excluding carboxylic acids is 1. The summed E-state index contributed by atoms with van der Waals surface area (Å²) in [5.41, 5.74) is -0.107. The highest BCUT2D eigenvalue weighted by molar-refractivity contribution is 9.10. The number of nitro benzene ring substituents is 1. The fourth-order valence-electron chi connectivity index (χ4n) is 1.86. The average molecular weight is 406 g/mol. The molecular weight excluding hydrogens is 386 g/mol. The van der Waals surface area contributed by atoms with Crippen LogP contribution in [0.15, 0.2) is 12.1 Å². The van der Waals surface area contributed by atoms with Crippen molar-refractivity contribution in [1.29, 1.82) is 0 Å². The first-order valence-electron chi connectivity index (χ1n) is 7.25. The van der Waals surface area contributed by atoms with E-state index in [-0.39, 0.29) is 46.8 Å². The Morgan fingerprint density at radius 3 is 2.50 bits per heavy atom. The third-order valence-corrected chi connectivity index (χ3v) is 3.45. The Balaban J connectivity index is 2.75. The fraction of sp³-hybridized carbons (Fsp3) is 0.533. The van der Waals surface area contributed by atoms with Crippen molar-refractivity contribution in [3.05, 3.63) is 27.8 Å². The second-order valence-corrected chi connectivity index (χ2v) is 6.35. The number of halogens is 1. The number of methoxy groups -OCH3 is 1. The lowest BCUT2D eigenvalue weighted by Gasteiger charge is -2.14. The Morgan fingerprint density at radius 1 is 1.33 bits per heavy atom. The van der Waals surface area contributed by atoms with E-state index >= 15 is 0 Å². The van der Waals surface area contributed by atoms with Gasteiger partial charge in [-0.15, -0.1) is 0 Å². The van der Waals surface area contributed by atoms with E-state index in [0.29, 0.717) is 6.42 Å². The lowest BCUT2D eigenvalue weighted by molar-refractivity contribution is -0.386. The monoisotopic (exact) mass is 405 g/mol. The number of esters is 1. The van der Waals surface area contributed by atoms with Crippen molar-refractivity contribution >= 4 is 27.6 Å². The summed E-state index contributed by atoms with van der Waals surface area (Å²) in [5, 5.41) is 20.8. The average Bonchev–Trinajstić information content (AvgIpc) is 2.53. The summed E-state index contributed by atoms with van der Waals surface area (Å²) in [5.74, 6) is 0.0980. The summed E-state index contributed by atoms with van der Waals surface area (Å²) in [4.78, 5) is 21.4. The third-order valence-electron chi connectivity index (χ3n) is 3.08. The van der Waals surface area contributed by atoms with E-state index in [0.717, 1.165) is 0 Å². The molecule has 0 aliphatic carbocycles. The van der Waals surface area contributed by atoms with E-state index < -0.39 is 11.0 Å². The van der Waals surface area contributed by atoms with Gasteiger partial charge in [-0.3, -0.25) is 14.9 Å². The molecular formula is C15H20BrNO7. The van der Waals surface area contributed by atoms with Crippen molar-refractivity contribution in [1.82, 2.24) is 0 Å². The summed E-state index contributed by atoms with van der Waals surface area (Å²) in [7, 11) is 1.40. The van der Waals surface area contributed by atoms with Crippen molar-refractivity contribution in [2.24, 2.45) is 0 Å². The molecule has 0 fully saturated rings. The van der Waals surface area contributed by atoms with Gasteiger partial charge in [-0.2, -0.15) is 0 Å². The van der Waals surface area contributed by atoms with Crippen LogP contribution >= 0.6 is 15.9 Å². The number of alkyl halides is 1. The van der Waals surface area contributed by atoms with Gasteiger partial charge in [0, 0.05) is 6.42 Å². The molecule has 0 aromatic heterocycles. The van der Waals surface area contributed by atoms with Crippen LogP contribution in [0.5, 0.6) is 11.5 Å². The second kappa shape index (κ2) is 9.43. The number of nitro groups is 1. The normalized spacial score (nSPS) is 13.0. The summed E-state index contributed by atoms with van der Waals surface area (Å²) in [6.45, 7) is 3.45. The maximum Gasteiger partial charge on any atom is 0.319 e. The number of aliphatic hydroxyl groups is 1. The number of carbonyl (C=O) groups is 1. The van der Waals surface area contributed by atoms with E-state index in [2.05, 4.69) is 15.9 Å². The van der Waals surface area contributed by atoms with Crippen molar-refractivity contribution in [3.63, 3.8) is 0 Å². The molecule has 0 aliphatic heterocycles. The van der Waals surface area contributed by atoms with Gasteiger partial charge in [0.2, 0.25) is 0 Å². The summed E-state index contributed by atoms with van der Waals surface area (Å²) in [6, 6.07) is 2.60. The van der Waals surface area contributed by atoms with E-state index in [4.69, 9.17) is 14.2 Å². The van der Waals surface area contributed by atoms with E-state index in [9.17, 15) is 20.0 Å². The number of nitrogens with zero attached hydrogens (tertiary/aromatic N) is 1. The van der Waals surface area contributed by atoms with Gasteiger partial charge in [0.15, 0.2) is 11.5 Å². The summed E-state index contributed by atoms with van der Waals surface area (Å²) < 4.78 is 15.6. The van der Waals surface area contributed by atoms with Crippen LogP contribution in [0, 0.1) is 10.1 Å². The Labute approximate surface area is 148 Å². The van der Waals surface area contributed by atoms with Crippen molar-refractivity contribution in [2.75, 3.05) is 20.3 Å². The Morgan fingerprint density at radius 2 is 2.00 bits per heavy atom. The van der Waals surface area contributed by atoms with E-state index in [1.54, 1.807) is 6.92 Å². The van der Waals surface area contributed by atoms with Gasteiger partial charge in [0.05, 0.1) is 43.0 Å². The predicted octanol–water partition coefficient (Wildman–Crippen LogP) is 2.75. The Kier molecular flexibility index (Phi) is 7.93. The molecule has 134 valence electrons. The highest BCUT2D eigenvalue weighted by Crippen LogP contribution is 2.37. The highest BCUT2D eigenvalue weighted by Gasteiger charge is 2.22. The minimum absolute atomic E-state index is 0.143. The number of aliphatic hydroxyl groups excluding tert-OH is 1. The molecule has 1 aromatic rings. The lowest BCUT2D eigenvalue weighted by Crippen LogP contribution is -2.15. The molecule has 0 spiro atoms. The van der Waals surface area contributed by atoms with Crippen LogP contribution in [-0.4, -0.2) is 41.1 Å². The maximum atomic E-state index is 11.3. The van der Waals surface area contributed by atoms with Crippen molar-refractivity contribution in [3.8, 4) is 11.5 Å². The number of hydrogen-bond donors (Lipinski definition) is 1. The van der Waals surface area contributed by atoms with Gasteiger partial charge in [-0.1, -0.05) is 15.9 Å². The van der Waals surface area contributed by atoms with Gasteiger partial charge in [0.25, 0.3) is 5.69 Å². The predicted molar refractivity (Wildman–Crippen MR) is 89.7 cm³/mol. The molecule has 0 amide bonds. The van der Waals surface area contributed by atoms with Crippen LogP contribution in [0.3, 0.4) is 0 Å². The molecule has 0 saturated heterocycles. The van der Waals surface area contributed by atoms with Crippen LogP contribution in [-0.2, 0) is 9.53 Å². The van der Waals surface area contributed by atoms with Gasteiger partial charge in [-0.25, -0.2) is 0 Å². The molecule has 1 aromatic carbocycles. The standard InChI is InChI=1S/C15H20BrNO7/c1-9(16)15(19)24-6-4-5-23-14-8-12(17(20)21)11(10(2)18)7-13(14)22-3/h7-10,18H,4-6H2,1-3H3. The minimum Gasteiger partial charge on any atom is -0.493 e. The van der Waals surface area contributed by atoms with Gasteiger partial charge in [-0.05, 0) is 19.9 Å². The number of hydrogen-bond acceptors (Lipinski definition) is 7. The van der Waals surface area contributed by atoms with Crippen LogP contribution in [0.4, 0.5) is 5.69 Å². The largest absolute Gasteiger partial charge is 0.493 e. The van der Waals surface area contributed by atoms with Crippen LogP contribution in [0.1, 0.15) is 31.9 Å². The van der Waals surface area contributed by atoms with Crippen LogP contribution < -0.4 is 9.47 Å².